The van der Waals surface area contributed by atoms with Crippen molar-refractivity contribution in [2.45, 2.75) is 32.0 Å². The van der Waals surface area contributed by atoms with Gasteiger partial charge in [0.25, 0.3) is 5.91 Å². The van der Waals surface area contributed by atoms with Crippen molar-refractivity contribution in [3.63, 3.8) is 0 Å². The van der Waals surface area contributed by atoms with Gasteiger partial charge >= 0.3 is 6.18 Å². The van der Waals surface area contributed by atoms with Gasteiger partial charge in [0.05, 0.1) is 5.56 Å². The SMILES string of the molecule is CN=C(NCCC(C)c1cccc(C(F)(F)F)c1)NCc1cccc(OCC(N)=O)c1.I. The smallest absolute Gasteiger partial charge is 0.416 e. The number of carbonyl (C=O) groups is 1. The standard InChI is InChI=1S/C22H27F3N4O2.HI/c1-15(17-6-4-7-18(12-17)22(23,24)25)9-10-28-21(27-2)29-13-16-5-3-8-19(11-16)31-14-20(26)30;/h3-8,11-12,15H,9-10,13-14H2,1-2H3,(H2,26,30)(H2,27,28,29);1H. The zero-order chi connectivity index (χ0) is 22.9. The van der Waals surface area contributed by atoms with Gasteiger partial charge in [0, 0.05) is 20.1 Å². The normalized spacial score (nSPS) is 12.5. The minimum absolute atomic E-state index is 0. The Balaban J connectivity index is 0.00000512. The number of aliphatic imine (C=N–C) groups is 1. The van der Waals surface area contributed by atoms with Crippen molar-refractivity contribution in [1.29, 1.82) is 0 Å². The lowest BCUT2D eigenvalue weighted by Gasteiger charge is -2.16. The molecule has 176 valence electrons. The third-order valence-corrected chi connectivity index (χ3v) is 4.62. The molecule has 0 bridgehead atoms. The highest BCUT2D eigenvalue weighted by molar-refractivity contribution is 14.0. The molecule has 0 saturated heterocycles. The molecule has 2 rings (SSSR count). The van der Waals surface area contributed by atoms with Gasteiger partial charge in [-0.3, -0.25) is 9.79 Å². The largest absolute Gasteiger partial charge is 0.484 e. The number of hydrogen-bond donors (Lipinski definition) is 3. The van der Waals surface area contributed by atoms with Crippen LogP contribution in [-0.2, 0) is 17.5 Å². The van der Waals surface area contributed by atoms with Crippen LogP contribution in [0.15, 0.2) is 53.5 Å². The van der Waals surface area contributed by atoms with Gasteiger partial charge in [-0.2, -0.15) is 13.2 Å². The predicted molar refractivity (Wildman–Crippen MR) is 129 cm³/mol. The van der Waals surface area contributed by atoms with Crippen LogP contribution in [0.25, 0.3) is 0 Å². The highest BCUT2D eigenvalue weighted by Crippen LogP contribution is 2.31. The second-order valence-electron chi connectivity index (χ2n) is 7.07. The molecule has 0 fully saturated rings. The van der Waals surface area contributed by atoms with Crippen molar-refractivity contribution < 1.29 is 22.7 Å². The average molecular weight is 564 g/mol. The number of alkyl halides is 3. The third-order valence-electron chi connectivity index (χ3n) is 4.62. The number of ether oxygens (including phenoxy) is 1. The first kappa shape index (κ1) is 27.5. The zero-order valence-corrected chi connectivity index (χ0v) is 20.2. The number of guanidine groups is 1. The van der Waals surface area contributed by atoms with Crippen molar-refractivity contribution in [1.82, 2.24) is 10.6 Å². The van der Waals surface area contributed by atoms with E-state index in [1.807, 2.05) is 13.0 Å². The molecule has 0 aliphatic rings. The predicted octanol–water partition coefficient (Wildman–Crippen LogP) is 4.05. The van der Waals surface area contributed by atoms with Crippen LogP contribution in [0.2, 0.25) is 0 Å². The van der Waals surface area contributed by atoms with Gasteiger partial charge in [-0.25, -0.2) is 0 Å². The molecule has 0 saturated carbocycles. The Bertz CT molecular complexity index is 907. The maximum atomic E-state index is 12.9. The van der Waals surface area contributed by atoms with Gasteiger partial charge in [-0.15, -0.1) is 24.0 Å². The quantitative estimate of drug-likeness (QED) is 0.244. The van der Waals surface area contributed by atoms with Gasteiger partial charge < -0.3 is 21.1 Å². The Morgan fingerprint density at radius 3 is 2.53 bits per heavy atom. The van der Waals surface area contributed by atoms with Gasteiger partial charge in [-0.1, -0.05) is 37.3 Å². The van der Waals surface area contributed by atoms with E-state index in [2.05, 4.69) is 15.6 Å². The monoisotopic (exact) mass is 564 g/mol. The van der Waals surface area contributed by atoms with Crippen molar-refractivity contribution in [3.8, 4) is 5.75 Å². The van der Waals surface area contributed by atoms with Crippen LogP contribution in [0.1, 0.15) is 36.0 Å². The van der Waals surface area contributed by atoms with Crippen molar-refractivity contribution in [3.05, 3.63) is 65.2 Å². The average Bonchev–Trinajstić information content (AvgIpc) is 2.74. The highest BCUT2D eigenvalue weighted by Gasteiger charge is 2.30. The summed E-state index contributed by atoms with van der Waals surface area (Å²) in [5.41, 5.74) is 6.01. The maximum absolute atomic E-state index is 12.9. The summed E-state index contributed by atoms with van der Waals surface area (Å²) in [6.07, 6.45) is -3.71. The summed E-state index contributed by atoms with van der Waals surface area (Å²) >= 11 is 0. The zero-order valence-electron chi connectivity index (χ0n) is 17.9. The molecular weight excluding hydrogens is 536 g/mol. The Morgan fingerprint density at radius 1 is 1.16 bits per heavy atom. The third kappa shape index (κ3) is 9.33. The second-order valence-corrected chi connectivity index (χ2v) is 7.07. The highest BCUT2D eigenvalue weighted by atomic mass is 127. The molecule has 0 radical (unpaired) electrons. The second kappa shape index (κ2) is 13.1. The topological polar surface area (TPSA) is 88.7 Å². The van der Waals surface area contributed by atoms with Crippen LogP contribution in [0.3, 0.4) is 0 Å². The molecule has 1 unspecified atom stereocenters. The van der Waals surface area contributed by atoms with Gasteiger partial charge in [-0.05, 0) is 41.7 Å². The fourth-order valence-corrected chi connectivity index (χ4v) is 2.90. The summed E-state index contributed by atoms with van der Waals surface area (Å²) in [6.45, 7) is 2.71. The molecule has 32 heavy (non-hydrogen) atoms. The Labute approximate surface area is 202 Å². The molecule has 10 heteroatoms. The summed E-state index contributed by atoms with van der Waals surface area (Å²) in [5, 5.41) is 6.33. The van der Waals surface area contributed by atoms with E-state index in [0.717, 1.165) is 11.6 Å². The number of nitrogens with two attached hydrogens (primary N) is 1. The molecule has 1 atom stereocenters. The van der Waals surface area contributed by atoms with Crippen molar-refractivity contribution in [2.24, 2.45) is 10.7 Å². The fourth-order valence-electron chi connectivity index (χ4n) is 2.90. The lowest BCUT2D eigenvalue weighted by Crippen LogP contribution is -2.37. The summed E-state index contributed by atoms with van der Waals surface area (Å²) in [7, 11) is 1.64. The van der Waals surface area contributed by atoms with E-state index in [0.29, 0.717) is 36.8 Å². The summed E-state index contributed by atoms with van der Waals surface area (Å²) in [5.74, 6) is 0.509. The van der Waals surface area contributed by atoms with E-state index in [1.54, 1.807) is 31.3 Å². The number of hydrogen-bond acceptors (Lipinski definition) is 3. The van der Waals surface area contributed by atoms with Crippen LogP contribution in [0.5, 0.6) is 5.75 Å². The van der Waals surface area contributed by atoms with E-state index in [1.165, 1.54) is 12.1 Å². The number of nitrogens with one attached hydrogen (secondary N) is 2. The first-order chi connectivity index (χ1) is 14.7. The number of halogens is 4. The van der Waals surface area contributed by atoms with Crippen molar-refractivity contribution >= 4 is 35.8 Å². The van der Waals surface area contributed by atoms with Gasteiger partial charge in [0.15, 0.2) is 12.6 Å². The number of nitrogens with zero attached hydrogens (tertiary/aromatic N) is 1. The van der Waals surface area contributed by atoms with Crippen molar-refractivity contribution in [2.75, 3.05) is 20.2 Å². The Hall–Kier alpha value is -2.50. The van der Waals surface area contributed by atoms with E-state index < -0.39 is 17.6 Å². The number of benzene rings is 2. The molecule has 0 heterocycles. The molecule has 2 aromatic carbocycles. The molecule has 4 N–H and O–H groups in total. The van der Waals surface area contributed by atoms with Crippen LogP contribution in [0, 0.1) is 0 Å². The van der Waals surface area contributed by atoms with Crippen LogP contribution >= 0.6 is 24.0 Å². The molecule has 0 aliphatic heterocycles. The molecule has 0 aliphatic carbocycles. The molecule has 0 aromatic heterocycles. The Kier molecular flexibility index (Phi) is 11.3. The van der Waals surface area contributed by atoms with Crippen LogP contribution in [0.4, 0.5) is 13.2 Å². The molecule has 2 aromatic rings. The minimum atomic E-state index is -4.35. The molecular formula is C22H28F3IN4O2. The summed E-state index contributed by atoms with van der Waals surface area (Å²) in [6, 6.07) is 12.6. The maximum Gasteiger partial charge on any atom is 0.416 e. The first-order valence-electron chi connectivity index (χ1n) is 9.80. The number of rotatable bonds is 9. The van der Waals surface area contributed by atoms with Crippen LogP contribution in [-0.4, -0.2) is 32.1 Å². The van der Waals surface area contributed by atoms with E-state index >= 15 is 0 Å². The minimum Gasteiger partial charge on any atom is -0.484 e. The number of amides is 1. The summed E-state index contributed by atoms with van der Waals surface area (Å²) < 4.78 is 44.0. The molecule has 1 amide bonds. The van der Waals surface area contributed by atoms with E-state index in [9.17, 15) is 18.0 Å². The fraction of sp³-hybridized carbons (Fsp3) is 0.364. The summed E-state index contributed by atoms with van der Waals surface area (Å²) in [4.78, 5) is 15.0. The molecule has 6 nitrogen and oxygen atoms in total. The lowest BCUT2D eigenvalue weighted by molar-refractivity contribution is -0.137. The molecule has 0 spiro atoms. The first-order valence-corrected chi connectivity index (χ1v) is 9.80. The van der Waals surface area contributed by atoms with E-state index in [4.69, 9.17) is 10.5 Å². The number of primary amides is 1. The van der Waals surface area contributed by atoms with Gasteiger partial charge in [0.2, 0.25) is 0 Å². The van der Waals surface area contributed by atoms with Gasteiger partial charge in [0.1, 0.15) is 5.75 Å². The number of carbonyl (C=O) groups excluding carboxylic acids is 1. The van der Waals surface area contributed by atoms with Crippen LogP contribution < -0.4 is 21.1 Å². The van der Waals surface area contributed by atoms with E-state index in [-0.39, 0.29) is 36.5 Å². The lowest BCUT2D eigenvalue weighted by atomic mass is 9.96. The Morgan fingerprint density at radius 2 is 1.88 bits per heavy atom.